The zero-order valence-corrected chi connectivity index (χ0v) is 11.9. The Kier molecular flexibility index (Phi) is 4.02. The summed E-state index contributed by atoms with van der Waals surface area (Å²) >= 11 is 0. The highest BCUT2D eigenvalue weighted by Gasteiger charge is 2.18. The lowest BCUT2D eigenvalue weighted by atomic mass is 10.1. The van der Waals surface area contributed by atoms with E-state index < -0.39 is 0 Å². The van der Waals surface area contributed by atoms with Gasteiger partial charge < -0.3 is 5.32 Å². The van der Waals surface area contributed by atoms with Gasteiger partial charge in [0.1, 0.15) is 6.54 Å². The summed E-state index contributed by atoms with van der Waals surface area (Å²) in [5.41, 5.74) is 1.93. The topological polar surface area (TPSA) is 59.8 Å². The normalized spacial score (nSPS) is 17.2. The molecule has 1 aliphatic carbocycles. The van der Waals surface area contributed by atoms with Crippen LogP contribution in [0.25, 0.3) is 0 Å². The van der Waals surface area contributed by atoms with Gasteiger partial charge in [0.15, 0.2) is 0 Å². The Bertz CT molecular complexity index is 482. The lowest BCUT2D eigenvalue weighted by molar-refractivity contribution is -0.123. The Morgan fingerprint density at radius 2 is 2.00 bits per heavy atom. The number of aryl methyl sites for hydroxylation is 1. The van der Waals surface area contributed by atoms with Crippen molar-refractivity contribution < 1.29 is 4.79 Å². The maximum Gasteiger partial charge on any atom is 0.242 e. The monoisotopic (exact) mass is 262 g/mol. The number of nitrogens with zero attached hydrogens (tertiary/aromatic N) is 3. The molecule has 5 heteroatoms. The molecule has 0 fully saturated rings. The predicted octanol–water partition coefficient (Wildman–Crippen LogP) is 1.63. The van der Waals surface area contributed by atoms with Gasteiger partial charge in [0, 0.05) is 5.54 Å². The number of aromatic nitrogens is 3. The molecule has 5 nitrogen and oxygen atoms in total. The zero-order chi connectivity index (χ0) is 13.9. The van der Waals surface area contributed by atoms with Crippen molar-refractivity contribution in [2.75, 3.05) is 0 Å². The molecule has 0 radical (unpaired) electrons. The van der Waals surface area contributed by atoms with E-state index in [1.807, 2.05) is 20.8 Å². The molecule has 1 heterocycles. The molecule has 1 N–H and O–H groups in total. The van der Waals surface area contributed by atoms with Crippen molar-refractivity contribution in [1.29, 1.82) is 0 Å². The van der Waals surface area contributed by atoms with Crippen molar-refractivity contribution in [2.45, 2.75) is 58.5 Å². The number of fused-ring (bicyclic) bond motifs is 1. The van der Waals surface area contributed by atoms with Gasteiger partial charge in [-0.2, -0.15) is 0 Å². The third-order valence-corrected chi connectivity index (χ3v) is 2.99. The molecule has 104 valence electrons. The van der Waals surface area contributed by atoms with Gasteiger partial charge in [0.25, 0.3) is 0 Å². The fourth-order valence-corrected chi connectivity index (χ4v) is 2.23. The molecule has 1 amide bonds. The van der Waals surface area contributed by atoms with E-state index >= 15 is 0 Å². The predicted molar refractivity (Wildman–Crippen MR) is 73.7 cm³/mol. The summed E-state index contributed by atoms with van der Waals surface area (Å²) in [6, 6.07) is 0. The summed E-state index contributed by atoms with van der Waals surface area (Å²) in [7, 11) is 0. The second kappa shape index (κ2) is 5.55. The average molecular weight is 262 g/mol. The fourth-order valence-electron chi connectivity index (χ4n) is 2.23. The summed E-state index contributed by atoms with van der Waals surface area (Å²) in [5, 5.41) is 11.3. The first kappa shape index (κ1) is 13.8. The second-order valence-corrected chi connectivity index (χ2v) is 5.99. The van der Waals surface area contributed by atoms with Gasteiger partial charge in [-0.3, -0.25) is 4.79 Å². The van der Waals surface area contributed by atoms with Gasteiger partial charge in [-0.25, -0.2) is 4.68 Å². The molecule has 2 rings (SSSR count). The van der Waals surface area contributed by atoms with Crippen molar-refractivity contribution in [3.05, 3.63) is 23.5 Å². The molecule has 0 spiro atoms. The van der Waals surface area contributed by atoms with Crippen molar-refractivity contribution >= 4 is 5.91 Å². The van der Waals surface area contributed by atoms with Gasteiger partial charge in [0.05, 0.1) is 11.4 Å². The molecule has 19 heavy (non-hydrogen) atoms. The van der Waals surface area contributed by atoms with E-state index in [9.17, 15) is 4.79 Å². The van der Waals surface area contributed by atoms with E-state index in [0.29, 0.717) is 0 Å². The molecule has 0 saturated carbocycles. The van der Waals surface area contributed by atoms with E-state index in [1.165, 1.54) is 0 Å². The SMILES string of the molecule is CC(C)(C)NC(=O)Cn1nnc2c1CC/C=C/CC2. The highest BCUT2D eigenvalue weighted by atomic mass is 16.2. The van der Waals surface area contributed by atoms with Crippen molar-refractivity contribution in [3.8, 4) is 0 Å². The van der Waals surface area contributed by atoms with E-state index in [1.54, 1.807) is 4.68 Å². The van der Waals surface area contributed by atoms with Crippen LogP contribution in [0.2, 0.25) is 0 Å². The highest BCUT2D eigenvalue weighted by Crippen LogP contribution is 2.14. The summed E-state index contributed by atoms with van der Waals surface area (Å²) in [6.07, 6.45) is 8.18. The first-order valence-electron chi connectivity index (χ1n) is 6.83. The molecule has 0 aliphatic heterocycles. The van der Waals surface area contributed by atoms with Crippen molar-refractivity contribution in [2.24, 2.45) is 0 Å². The van der Waals surface area contributed by atoms with Crippen molar-refractivity contribution in [3.63, 3.8) is 0 Å². The fraction of sp³-hybridized carbons (Fsp3) is 0.643. The van der Waals surface area contributed by atoms with Crippen LogP contribution in [0.3, 0.4) is 0 Å². The zero-order valence-electron chi connectivity index (χ0n) is 11.9. The minimum Gasteiger partial charge on any atom is -0.350 e. The molecule has 0 aromatic carbocycles. The number of carbonyl (C=O) groups excluding carboxylic acids is 1. The van der Waals surface area contributed by atoms with Crippen LogP contribution in [0.1, 0.15) is 45.0 Å². The van der Waals surface area contributed by atoms with E-state index in [-0.39, 0.29) is 18.0 Å². The summed E-state index contributed by atoms with van der Waals surface area (Å²) in [6.45, 7) is 6.18. The Labute approximate surface area is 114 Å². The number of hydrogen-bond acceptors (Lipinski definition) is 3. The summed E-state index contributed by atoms with van der Waals surface area (Å²) in [4.78, 5) is 12.0. The minimum absolute atomic E-state index is 0.0159. The molecule has 0 unspecified atom stereocenters. The Balaban J connectivity index is 2.08. The summed E-state index contributed by atoms with van der Waals surface area (Å²) in [5.74, 6) is -0.0159. The van der Waals surface area contributed by atoms with Crippen LogP contribution in [0.5, 0.6) is 0 Å². The maximum atomic E-state index is 12.0. The molecular weight excluding hydrogens is 240 g/mol. The largest absolute Gasteiger partial charge is 0.350 e. The van der Waals surface area contributed by atoms with Crippen LogP contribution in [-0.4, -0.2) is 26.4 Å². The van der Waals surface area contributed by atoms with E-state index in [2.05, 4.69) is 27.8 Å². The quantitative estimate of drug-likeness (QED) is 0.824. The smallest absolute Gasteiger partial charge is 0.242 e. The number of rotatable bonds is 2. The lowest BCUT2D eigenvalue weighted by Crippen LogP contribution is -2.42. The van der Waals surface area contributed by atoms with Crippen LogP contribution >= 0.6 is 0 Å². The Morgan fingerprint density at radius 1 is 1.32 bits per heavy atom. The van der Waals surface area contributed by atoms with Gasteiger partial charge in [-0.15, -0.1) is 5.10 Å². The molecule has 0 atom stereocenters. The third-order valence-electron chi connectivity index (χ3n) is 2.99. The molecule has 0 saturated heterocycles. The average Bonchev–Trinajstić information content (AvgIpc) is 2.56. The van der Waals surface area contributed by atoms with Gasteiger partial charge in [-0.1, -0.05) is 17.4 Å². The van der Waals surface area contributed by atoms with Crippen molar-refractivity contribution in [1.82, 2.24) is 20.3 Å². The van der Waals surface area contributed by atoms with Gasteiger partial charge >= 0.3 is 0 Å². The number of allylic oxidation sites excluding steroid dienone is 2. The van der Waals surface area contributed by atoms with Crippen LogP contribution in [-0.2, 0) is 24.2 Å². The van der Waals surface area contributed by atoms with Crippen LogP contribution in [0.4, 0.5) is 0 Å². The maximum absolute atomic E-state index is 12.0. The second-order valence-electron chi connectivity index (χ2n) is 5.99. The van der Waals surface area contributed by atoms with Crippen LogP contribution in [0.15, 0.2) is 12.2 Å². The first-order chi connectivity index (χ1) is 8.96. The molecular formula is C14H22N4O. The van der Waals surface area contributed by atoms with Crippen LogP contribution in [0, 0.1) is 0 Å². The van der Waals surface area contributed by atoms with E-state index in [4.69, 9.17) is 0 Å². The highest BCUT2D eigenvalue weighted by molar-refractivity contribution is 5.76. The third kappa shape index (κ3) is 3.91. The Morgan fingerprint density at radius 3 is 2.68 bits per heavy atom. The number of carbonyl (C=O) groups is 1. The first-order valence-corrected chi connectivity index (χ1v) is 6.83. The van der Waals surface area contributed by atoms with Gasteiger partial charge in [0.2, 0.25) is 5.91 Å². The number of hydrogen-bond donors (Lipinski definition) is 1. The minimum atomic E-state index is -0.213. The molecule has 1 aliphatic rings. The standard InChI is InChI=1S/C14H22N4O/c1-14(2,3)15-13(19)10-18-12-9-7-5-4-6-8-11(12)16-17-18/h4-5H,6-10H2,1-3H3,(H,15,19)/b5-4+. The molecule has 1 aromatic rings. The lowest BCUT2D eigenvalue weighted by Gasteiger charge is -2.20. The molecule has 0 bridgehead atoms. The Hall–Kier alpha value is -1.65. The van der Waals surface area contributed by atoms with Crippen LogP contribution < -0.4 is 5.32 Å². The molecule has 1 aromatic heterocycles. The van der Waals surface area contributed by atoms with Gasteiger partial charge in [-0.05, 0) is 46.5 Å². The number of nitrogens with one attached hydrogen (secondary N) is 1. The summed E-state index contributed by atoms with van der Waals surface area (Å²) < 4.78 is 1.75. The number of amides is 1. The van der Waals surface area contributed by atoms with E-state index in [0.717, 1.165) is 37.1 Å².